The zero-order valence-electron chi connectivity index (χ0n) is 18.0. The van der Waals surface area contributed by atoms with Gasteiger partial charge in [-0.1, -0.05) is 35.9 Å². The summed E-state index contributed by atoms with van der Waals surface area (Å²) >= 11 is 0. The molecule has 2 aromatic carbocycles. The van der Waals surface area contributed by atoms with E-state index in [2.05, 4.69) is 5.32 Å². The van der Waals surface area contributed by atoms with Gasteiger partial charge < -0.3 is 15.0 Å². The van der Waals surface area contributed by atoms with Gasteiger partial charge in [0.25, 0.3) is 5.91 Å². The molecule has 1 N–H and O–H groups in total. The summed E-state index contributed by atoms with van der Waals surface area (Å²) in [4.78, 5) is 37.8. The summed E-state index contributed by atoms with van der Waals surface area (Å²) in [5, 5.41) is 2.96. The van der Waals surface area contributed by atoms with Crippen molar-refractivity contribution >= 4 is 23.9 Å². The Morgan fingerprint density at radius 2 is 1.84 bits per heavy atom. The third-order valence-corrected chi connectivity index (χ3v) is 5.28. The van der Waals surface area contributed by atoms with Crippen molar-refractivity contribution in [2.24, 2.45) is 5.92 Å². The summed E-state index contributed by atoms with van der Waals surface area (Å²) in [7, 11) is 0. The molecule has 0 bridgehead atoms. The Bertz CT molecular complexity index is 975. The maximum atomic E-state index is 12.8. The van der Waals surface area contributed by atoms with Crippen molar-refractivity contribution < 1.29 is 19.1 Å². The highest BCUT2D eigenvalue weighted by molar-refractivity contribution is 5.95. The second-order valence-corrected chi connectivity index (χ2v) is 7.85. The van der Waals surface area contributed by atoms with Crippen molar-refractivity contribution in [1.29, 1.82) is 0 Å². The number of benzene rings is 2. The molecule has 0 atom stereocenters. The Hall–Kier alpha value is -3.41. The number of nitrogens with one attached hydrogen (secondary N) is 1. The maximum absolute atomic E-state index is 12.8. The zero-order valence-corrected chi connectivity index (χ0v) is 18.0. The summed E-state index contributed by atoms with van der Waals surface area (Å²) in [5.74, 6) is 0.114. The molecular formula is C25H28N2O4. The van der Waals surface area contributed by atoms with Crippen LogP contribution in [0.2, 0.25) is 0 Å². The molecule has 6 heteroatoms. The monoisotopic (exact) mass is 420 g/mol. The van der Waals surface area contributed by atoms with Gasteiger partial charge in [0, 0.05) is 38.2 Å². The lowest BCUT2D eigenvalue weighted by Crippen LogP contribution is -2.41. The fourth-order valence-corrected chi connectivity index (χ4v) is 3.63. The molecule has 0 saturated carbocycles. The van der Waals surface area contributed by atoms with E-state index in [4.69, 9.17) is 4.74 Å². The Morgan fingerprint density at radius 3 is 2.55 bits per heavy atom. The van der Waals surface area contributed by atoms with E-state index in [1.165, 1.54) is 6.92 Å². The quantitative estimate of drug-likeness (QED) is 0.440. The van der Waals surface area contributed by atoms with Crippen LogP contribution in [0.15, 0.2) is 54.6 Å². The first-order chi connectivity index (χ1) is 14.9. The minimum atomic E-state index is -0.416. The number of carbonyl (C=O) groups is 3. The number of piperidine rings is 1. The standard InChI is InChI=1S/C25H28N2O4/c1-18-5-3-6-20(15-18)9-10-24(29)26-17-21-11-13-27(14-12-21)25(30)22-7-4-8-23(16-22)31-19(2)28/h3-10,15-16,21H,11-14,17H2,1-2H3,(H,26,29)/b10-9+. The highest BCUT2D eigenvalue weighted by atomic mass is 16.5. The third kappa shape index (κ3) is 6.81. The summed E-state index contributed by atoms with van der Waals surface area (Å²) < 4.78 is 5.06. The average molecular weight is 421 g/mol. The highest BCUT2D eigenvalue weighted by Gasteiger charge is 2.24. The fraction of sp³-hybridized carbons (Fsp3) is 0.320. The maximum Gasteiger partial charge on any atom is 0.308 e. The molecule has 0 radical (unpaired) electrons. The van der Waals surface area contributed by atoms with Gasteiger partial charge >= 0.3 is 5.97 Å². The van der Waals surface area contributed by atoms with E-state index >= 15 is 0 Å². The van der Waals surface area contributed by atoms with Crippen molar-refractivity contribution in [2.45, 2.75) is 26.7 Å². The van der Waals surface area contributed by atoms with Crippen LogP contribution in [0, 0.1) is 12.8 Å². The van der Waals surface area contributed by atoms with Crippen LogP contribution in [0.25, 0.3) is 6.08 Å². The van der Waals surface area contributed by atoms with E-state index in [9.17, 15) is 14.4 Å². The van der Waals surface area contributed by atoms with Gasteiger partial charge in [0.1, 0.15) is 5.75 Å². The SMILES string of the molecule is CC(=O)Oc1cccc(C(=O)N2CCC(CNC(=O)/C=C/c3cccc(C)c3)CC2)c1. The zero-order chi connectivity index (χ0) is 22.2. The number of likely N-dealkylation sites (tertiary alicyclic amines) is 1. The molecule has 0 unspecified atom stereocenters. The number of esters is 1. The molecule has 0 spiro atoms. The number of hydrogen-bond donors (Lipinski definition) is 1. The first kappa shape index (κ1) is 22.3. The van der Waals surface area contributed by atoms with Crippen LogP contribution >= 0.6 is 0 Å². The smallest absolute Gasteiger partial charge is 0.308 e. The fourth-order valence-electron chi connectivity index (χ4n) is 3.63. The molecule has 1 aliphatic heterocycles. The highest BCUT2D eigenvalue weighted by Crippen LogP contribution is 2.20. The van der Waals surface area contributed by atoms with Crippen LogP contribution in [0.1, 0.15) is 41.3 Å². The molecule has 2 amide bonds. The van der Waals surface area contributed by atoms with Crippen molar-refractivity contribution in [3.05, 3.63) is 71.3 Å². The van der Waals surface area contributed by atoms with Crippen LogP contribution < -0.4 is 10.1 Å². The minimum absolute atomic E-state index is 0.0717. The van der Waals surface area contributed by atoms with Crippen LogP contribution in [-0.4, -0.2) is 42.3 Å². The van der Waals surface area contributed by atoms with Gasteiger partial charge in [0.05, 0.1) is 0 Å². The molecule has 162 valence electrons. The Morgan fingerprint density at radius 1 is 1.10 bits per heavy atom. The molecule has 1 heterocycles. The van der Waals surface area contributed by atoms with Gasteiger partial charge in [-0.05, 0) is 55.5 Å². The number of rotatable bonds is 6. The number of aryl methyl sites for hydroxylation is 1. The second kappa shape index (κ2) is 10.6. The Labute approximate surface area is 182 Å². The molecule has 6 nitrogen and oxygen atoms in total. The van der Waals surface area contributed by atoms with Gasteiger partial charge in [-0.15, -0.1) is 0 Å². The van der Waals surface area contributed by atoms with E-state index in [-0.39, 0.29) is 11.8 Å². The lowest BCUT2D eigenvalue weighted by Gasteiger charge is -2.32. The number of amides is 2. The number of hydrogen-bond acceptors (Lipinski definition) is 4. The summed E-state index contributed by atoms with van der Waals surface area (Å²) in [6, 6.07) is 14.7. The normalized spacial score (nSPS) is 14.5. The first-order valence-corrected chi connectivity index (χ1v) is 10.5. The van der Waals surface area contributed by atoms with Crippen LogP contribution in [-0.2, 0) is 9.59 Å². The summed E-state index contributed by atoms with van der Waals surface area (Å²) in [6.45, 7) is 5.22. The molecular weight excluding hydrogens is 392 g/mol. The number of ether oxygens (including phenoxy) is 1. The van der Waals surface area contributed by atoms with Crippen molar-refractivity contribution in [1.82, 2.24) is 10.2 Å². The van der Waals surface area contributed by atoms with Crippen LogP contribution in [0.5, 0.6) is 5.75 Å². The Kier molecular flexibility index (Phi) is 7.60. The lowest BCUT2D eigenvalue weighted by atomic mass is 9.96. The van der Waals surface area contributed by atoms with Gasteiger partial charge in [-0.25, -0.2) is 0 Å². The average Bonchev–Trinajstić information content (AvgIpc) is 2.76. The minimum Gasteiger partial charge on any atom is -0.427 e. The lowest BCUT2D eigenvalue weighted by molar-refractivity contribution is -0.131. The van der Waals surface area contributed by atoms with E-state index in [1.54, 1.807) is 30.3 Å². The van der Waals surface area contributed by atoms with E-state index in [0.29, 0.717) is 36.9 Å². The van der Waals surface area contributed by atoms with Crippen molar-refractivity contribution in [3.8, 4) is 5.75 Å². The molecule has 0 aromatic heterocycles. The third-order valence-electron chi connectivity index (χ3n) is 5.28. The van der Waals surface area contributed by atoms with Crippen LogP contribution in [0.3, 0.4) is 0 Å². The first-order valence-electron chi connectivity index (χ1n) is 10.5. The Balaban J connectivity index is 1.44. The summed E-state index contributed by atoms with van der Waals surface area (Å²) in [6.07, 6.45) is 5.03. The number of nitrogens with zero attached hydrogens (tertiary/aromatic N) is 1. The predicted molar refractivity (Wildman–Crippen MR) is 120 cm³/mol. The van der Waals surface area contributed by atoms with Crippen molar-refractivity contribution in [2.75, 3.05) is 19.6 Å². The molecule has 1 saturated heterocycles. The van der Waals surface area contributed by atoms with Crippen molar-refractivity contribution in [3.63, 3.8) is 0 Å². The second-order valence-electron chi connectivity index (χ2n) is 7.85. The molecule has 31 heavy (non-hydrogen) atoms. The van der Waals surface area contributed by atoms with E-state index < -0.39 is 5.97 Å². The molecule has 2 aromatic rings. The van der Waals surface area contributed by atoms with E-state index in [0.717, 1.165) is 24.0 Å². The molecule has 0 aliphatic carbocycles. The summed E-state index contributed by atoms with van der Waals surface area (Å²) in [5.41, 5.74) is 2.66. The topological polar surface area (TPSA) is 75.7 Å². The van der Waals surface area contributed by atoms with Gasteiger partial charge in [0.15, 0.2) is 0 Å². The molecule has 1 aliphatic rings. The largest absolute Gasteiger partial charge is 0.427 e. The van der Waals surface area contributed by atoms with Gasteiger partial charge in [-0.2, -0.15) is 0 Å². The molecule has 1 fully saturated rings. The molecule has 3 rings (SSSR count). The number of carbonyl (C=O) groups excluding carboxylic acids is 3. The van der Waals surface area contributed by atoms with Gasteiger partial charge in [-0.3, -0.25) is 14.4 Å². The van der Waals surface area contributed by atoms with Crippen LogP contribution in [0.4, 0.5) is 0 Å². The van der Waals surface area contributed by atoms with Gasteiger partial charge in [0.2, 0.25) is 5.91 Å². The predicted octanol–water partition coefficient (Wildman–Crippen LogP) is 3.60. The van der Waals surface area contributed by atoms with E-state index in [1.807, 2.05) is 42.2 Å².